The number of carbonyl (C=O) groups excluding carboxylic acids is 1. The van der Waals surface area contributed by atoms with E-state index in [4.69, 9.17) is 9.84 Å². The van der Waals surface area contributed by atoms with Crippen molar-refractivity contribution in [3.8, 4) is 0 Å². The Morgan fingerprint density at radius 1 is 1.40 bits per heavy atom. The van der Waals surface area contributed by atoms with Gasteiger partial charge < -0.3 is 14.7 Å². The number of likely N-dealkylation sites (tertiary alicyclic amines) is 1. The van der Waals surface area contributed by atoms with E-state index < -0.39 is 5.97 Å². The first-order valence-corrected chi connectivity index (χ1v) is 7.23. The molecule has 0 aromatic heterocycles. The Bertz CT molecular complexity index is 377. The van der Waals surface area contributed by atoms with Crippen LogP contribution < -0.4 is 0 Å². The van der Waals surface area contributed by atoms with Gasteiger partial charge in [0.05, 0.1) is 12.1 Å². The molecule has 114 valence electrons. The molecule has 1 atom stereocenters. The monoisotopic (exact) mass is 284 g/mol. The van der Waals surface area contributed by atoms with E-state index >= 15 is 0 Å². The molecule has 20 heavy (non-hydrogen) atoms. The third-order valence-corrected chi connectivity index (χ3v) is 4.64. The molecule has 0 aliphatic carbocycles. The van der Waals surface area contributed by atoms with E-state index in [0.717, 1.165) is 38.8 Å². The smallest absolute Gasteiger partial charge is 0.317 e. The van der Waals surface area contributed by atoms with Crippen molar-refractivity contribution in [2.45, 2.75) is 44.2 Å². The van der Waals surface area contributed by atoms with E-state index in [9.17, 15) is 9.59 Å². The molecule has 1 spiro atoms. The molecule has 2 fully saturated rings. The van der Waals surface area contributed by atoms with Crippen LogP contribution in [0.5, 0.6) is 0 Å². The summed E-state index contributed by atoms with van der Waals surface area (Å²) in [5, 5.41) is 8.83. The molecule has 0 saturated carbocycles. The summed E-state index contributed by atoms with van der Waals surface area (Å²) < 4.78 is 6.01. The molecular weight excluding hydrogens is 260 g/mol. The van der Waals surface area contributed by atoms with Gasteiger partial charge in [0.25, 0.3) is 0 Å². The minimum atomic E-state index is -0.778. The van der Waals surface area contributed by atoms with Crippen LogP contribution in [0.1, 0.15) is 32.6 Å². The SMILES string of the molecule is CC(=O)N(C)C1CCOC2(CCN(CC(=O)O)CC2)C1. The minimum absolute atomic E-state index is 0.0929. The van der Waals surface area contributed by atoms with Crippen molar-refractivity contribution >= 4 is 11.9 Å². The second kappa shape index (κ2) is 6.10. The van der Waals surface area contributed by atoms with E-state index in [1.807, 2.05) is 16.8 Å². The number of carbonyl (C=O) groups is 2. The van der Waals surface area contributed by atoms with Gasteiger partial charge in [-0.15, -0.1) is 0 Å². The van der Waals surface area contributed by atoms with Crippen molar-refractivity contribution in [1.82, 2.24) is 9.80 Å². The summed E-state index contributed by atoms with van der Waals surface area (Å²) in [5.74, 6) is -0.685. The second-order valence-corrected chi connectivity index (χ2v) is 5.98. The van der Waals surface area contributed by atoms with Crippen molar-refractivity contribution in [2.24, 2.45) is 0 Å². The number of ether oxygens (including phenoxy) is 1. The zero-order valence-electron chi connectivity index (χ0n) is 12.3. The molecule has 0 aromatic rings. The van der Waals surface area contributed by atoms with Crippen LogP contribution in [0.2, 0.25) is 0 Å². The summed E-state index contributed by atoms with van der Waals surface area (Å²) in [7, 11) is 1.85. The summed E-state index contributed by atoms with van der Waals surface area (Å²) in [4.78, 5) is 26.0. The van der Waals surface area contributed by atoms with Crippen molar-refractivity contribution in [2.75, 3.05) is 33.3 Å². The highest BCUT2D eigenvalue weighted by Gasteiger charge is 2.41. The predicted molar refractivity (Wildman–Crippen MR) is 73.5 cm³/mol. The van der Waals surface area contributed by atoms with Crippen LogP contribution in [0.25, 0.3) is 0 Å². The van der Waals surface area contributed by atoms with Crippen molar-refractivity contribution < 1.29 is 19.4 Å². The summed E-state index contributed by atoms with van der Waals surface area (Å²) in [6.45, 7) is 3.89. The van der Waals surface area contributed by atoms with Crippen LogP contribution in [0, 0.1) is 0 Å². The number of hydrogen-bond acceptors (Lipinski definition) is 4. The highest BCUT2D eigenvalue weighted by Crippen LogP contribution is 2.36. The fraction of sp³-hybridized carbons (Fsp3) is 0.857. The second-order valence-electron chi connectivity index (χ2n) is 5.98. The highest BCUT2D eigenvalue weighted by molar-refractivity contribution is 5.73. The maximum Gasteiger partial charge on any atom is 0.317 e. The third kappa shape index (κ3) is 3.49. The number of amides is 1. The largest absolute Gasteiger partial charge is 0.480 e. The number of rotatable bonds is 3. The lowest BCUT2D eigenvalue weighted by molar-refractivity contribution is -0.151. The van der Waals surface area contributed by atoms with E-state index in [1.54, 1.807) is 6.92 Å². The molecule has 2 heterocycles. The Morgan fingerprint density at radius 3 is 2.60 bits per heavy atom. The van der Waals surface area contributed by atoms with Crippen molar-refractivity contribution in [3.05, 3.63) is 0 Å². The molecule has 2 aliphatic rings. The van der Waals surface area contributed by atoms with E-state index in [1.165, 1.54) is 0 Å². The van der Waals surface area contributed by atoms with Gasteiger partial charge in [0.2, 0.25) is 5.91 Å². The molecular formula is C14H24N2O4. The predicted octanol–water partition coefficient (Wildman–Crippen LogP) is 0.563. The first-order chi connectivity index (χ1) is 9.42. The topological polar surface area (TPSA) is 70.1 Å². The van der Waals surface area contributed by atoms with Crippen LogP contribution in [0.3, 0.4) is 0 Å². The fourth-order valence-electron chi connectivity index (χ4n) is 3.25. The first-order valence-electron chi connectivity index (χ1n) is 7.23. The van der Waals surface area contributed by atoms with E-state index in [0.29, 0.717) is 6.61 Å². The normalized spacial score (nSPS) is 26.4. The maximum absolute atomic E-state index is 11.5. The van der Waals surface area contributed by atoms with Gasteiger partial charge in [0.15, 0.2) is 0 Å². The van der Waals surface area contributed by atoms with E-state index in [-0.39, 0.29) is 24.1 Å². The average molecular weight is 284 g/mol. The Kier molecular flexibility index (Phi) is 4.65. The highest BCUT2D eigenvalue weighted by atomic mass is 16.5. The summed E-state index contributed by atoms with van der Waals surface area (Å²) in [6.07, 6.45) is 3.45. The lowest BCUT2D eigenvalue weighted by Gasteiger charge is -2.47. The number of carboxylic acid groups (broad SMARTS) is 1. The van der Waals surface area contributed by atoms with E-state index in [2.05, 4.69) is 0 Å². The van der Waals surface area contributed by atoms with Crippen LogP contribution in [-0.4, -0.2) is 71.7 Å². The van der Waals surface area contributed by atoms with Crippen molar-refractivity contribution in [1.29, 1.82) is 0 Å². The maximum atomic E-state index is 11.5. The Morgan fingerprint density at radius 2 is 2.05 bits per heavy atom. The summed E-state index contributed by atoms with van der Waals surface area (Å²) in [5.41, 5.74) is -0.165. The molecule has 2 saturated heterocycles. The summed E-state index contributed by atoms with van der Waals surface area (Å²) in [6, 6.07) is 0.243. The number of aliphatic carboxylic acids is 1. The zero-order chi connectivity index (χ0) is 14.8. The van der Waals surface area contributed by atoms with Gasteiger partial charge in [-0.3, -0.25) is 14.5 Å². The number of piperidine rings is 1. The molecule has 1 N–H and O–H groups in total. The molecule has 1 unspecified atom stereocenters. The van der Waals surface area contributed by atoms with Gasteiger partial charge in [0.1, 0.15) is 0 Å². The van der Waals surface area contributed by atoms with Gasteiger partial charge in [-0.05, 0) is 25.7 Å². The molecule has 0 aromatic carbocycles. The molecule has 1 amide bonds. The van der Waals surface area contributed by atoms with Gasteiger partial charge in [-0.1, -0.05) is 0 Å². The van der Waals surface area contributed by atoms with Crippen LogP contribution in [0.4, 0.5) is 0 Å². The molecule has 6 heteroatoms. The minimum Gasteiger partial charge on any atom is -0.480 e. The zero-order valence-corrected chi connectivity index (χ0v) is 12.3. The van der Waals surface area contributed by atoms with Gasteiger partial charge >= 0.3 is 5.97 Å². The van der Waals surface area contributed by atoms with Crippen LogP contribution in [0.15, 0.2) is 0 Å². The molecule has 6 nitrogen and oxygen atoms in total. The number of nitrogens with zero attached hydrogens (tertiary/aromatic N) is 2. The van der Waals surface area contributed by atoms with Gasteiger partial charge in [-0.2, -0.15) is 0 Å². The van der Waals surface area contributed by atoms with Crippen LogP contribution >= 0.6 is 0 Å². The van der Waals surface area contributed by atoms with Gasteiger partial charge in [0, 0.05) is 39.7 Å². The summed E-state index contributed by atoms with van der Waals surface area (Å²) >= 11 is 0. The molecule has 2 rings (SSSR count). The standard InChI is InChI=1S/C14H24N2O4/c1-11(17)15(2)12-3-8-20-14(9-12)4-6-16(7-5-14)10-13(18)19/h12H,3-10H2,1-2H3,(H,18,19). The third-order valence-electron chi connectivity index (χ3n) is 4.64. The number of carboxylic acids is 1. The van der Waals surface area contributed by atoms with Crippen molar-refractivity contribution in [3.63, 3.8) is 0 Å². The van der Waals surface area contributed by atoms with Gasteiger partial charge in [-0.25, -0.2) is 0 Å². The fourth-order valence-corrected chi connectivity index (χ4v) is 3.25. The van der Waals surface area contributed by atoms with Crippen LogP contribution in [-0.2, 0) is 14.3 Å². The first kappa shape index (κ1) is 15.3. The lowest BCUT2D eigenvalue weighted by atomic mass is 9.82. The number of hydrogen-bond donors (Lipinski definition) is 1. The molecule has 2 aliphatic heterocycles. The Labute approximate surface area is 119 Å². The Hall–Kier alpha value is -1.14. The lowest BCUT2D eigenvalue weighted by Crippen LogP contribution is -2.54. The molecule has 0 radical (unpaired) electrons. The Balaban J connectivity index is 1.92. The molecule has 0 bridgehead atoms. The quantitative estimate of drug-likeness (QED) is 0.820. The average Bonchev–Trinajstić information content (AvgIpc) is 2.40.